The second-order valence-electron chi connectivity index (χ2n) is 8.07. The third kappa shape index (κ3) is 2.03. The summed E-state index contributed by atoms with van der Waals surface area (Å²) in [6.07, 6.45) is 2.38. The normalized spacial score (nSPS) is 26.2. The highest BCUT2D eigenvalue weighted by Gasteiger charge is 2.53. The number of hydrogen-bond acceptors (Lipinski definition) is 2. The van der Waals surface area contributed by atoms with E-state index in [0.717, 1.165) is 6.42 Å². The number of nitrogens with zero attached hydrogens (tertiary/aromatic N) is 1. The van der Waals surface area contributed by atoms with Crippen molar-refractivity contribution in [2.45, 2.75) is 61.3 Å². The van der Waals surface area contributed by atoms with Crippen molar-refractivity contribution >= 4 is 11.3 Å². The summed E-state index contributed by atoms with van der Waals surface area (Å²) in [6.45, 7) is 16.8. The molecule has 0 radical (unpaired) electrons. The van der Waals surface area contributed by atoms with E-state index in [1.807, 2.05) is 16.8 Å². The van der Waals surface area contributed by atoms with Gasteiger partial charge in [-0.15, -0.1) is 11.3 Å². The summed E-state index contributed by atoms with van der Waals surface area (Å²) in [5.41, 5.74) is 4.41. The van der Waals surface area contributed by atoms with E-state index in [1.165, 1.54) is 17.0 Å². The Bertz CT molecular complexity index is 410. The summed E-state index contributed by atoms with van der Waals surface area (Å²) in [7, 11) is 0. The van der Waals surface area contributed by atoms with Crippen LogP contribution in [0, 0.1) is 22.2 Å². The zero-order valence-corrected chi connectivity index (χ0v) is 13.7. The summed E-state index contributed by atoms with van der Waals surface area (Å²) in [4.78, 5) is 6.12. The topological polar surface area (TPSA) is 12.9 Å². The van der Waals surface area contributed by atoms with Crippen molar-refractivity contribution < 1.29 is 0 Å². The van der Waals surface area contributed by atoms with E-state index >= 15 is 0 Å². The Hall–Kier alpha value is -0.370. The highest BCUT2D eigenvalue weighted by atomic mass is 32.1. The molecule has 2 heteroatoms. The molecule has 1 aromatic heterocycles. The Morgan fingerprint density at radius 2 is 1.78 bits per heavy atom. The Balaban J connectivity index is 2.43. The lowest BCUT2D eigenvalue weighted by Gasteiger charge is -2.51. The number of fused-ring (bicyclic) bond motifs is 1. The lowest BCUT2D eigenvalue weighted by molar-refractivity contribution is -0.0217. The van der Waals surface area contributed by atoms with Crippen LogP contribution in [0.2, 0.25) is 0 Å². The fourth-order valence-corrected chi connectivity index (χ4v) is 4.45. The van der Waals surface area contributed by atoms with Gasteiger partial charge in [-0.25, -0.2) is 4.98 Å². The first kappa shape index (κ1) is 14.0. The van der Waals surface area contributed by atoms with Crippen LogP contribution >= 0.6 is 11.3 Å². The van der Waals surface area contributed by atoms with Crippen molar-refractivity contribution in [1.82, 2.24) is 4.98 Å². The lowest BCUT2D eigenvalue weighted by atomic mass is 9.53. The molecule has 0 amide bonds. The molecule has 0 saturated heterocycles. The van der Waals surface area contributed by atoms with E-state index in [2.05, 4.69) is 53.5 Å². The second kappa shape index (κ2) is 4.06. The van der Waals surface area contributed by atoms with Crippen LogP contribution in [0.3, 0.4) is 0 Å². The molecule has 0 saturated carbocycles. The van der Waals surface area contributed by atoms with E-state index in [-0.39, 0.29) is 0 Å². The van der Waals surface area contributed by atoms with Gasteiger partial charge in [-0.1, -0.05) is 48.5 Å². The van der Waals surface area contributed by atoms with Gasteiger partial charge in [-0.3, -0.25) is 0 Å². The molecular formula is C16H27NS. The molecule has 2 rings (SSSR count). The van der Waals surface area contributed by atoms with Gasteiger partial charge in [-0.2, -0.15) is 0 Å². The molecule has 0 N–H and O–H groups in total. The Kier molecular flexibility index (Phi) is 3.17. The van der Waals surface area contributed by atoms with Gasteiger partial charge in [0.15, 0.2) is 0 Å². The summed E-state index contributed by atoms with van der Waals surface area (Å²) in [5, 5.41) is 0. The summed E-state index contributed by atoms with van der Waals surface area (Å²) in [5.74, 6) is 0.686. The van der Waals surface area contributed by atoms with E-state index in [9.17, 15) is 0 Å². The molecule has 1 aliphatic rings. The average molecular weight is 265 g/mol. The summed E-state index contributed by atoms with van der Waals surface area (Å²) >= 11 is 1.85. The van der Waals surface area contributed by atoms with Crippen molar-refractivity contribution in [1.29, 1.82) is 0 Å². The smallest absolute Gasteiger partial charge is 0.0797 e. The van der Waals surface area contributed by atoms with Gasteiger partial charge in [0.1, 0.15) is 0 Å². The molecule has 0 aliphatic heterocycles. The van der Waals surface area contributed by atoms with E-state index in [0.29, 0.717) is 22.2 Å². The van der Waals surface area contributed by atoms with Crippen LogP contribution in [0.1, 0.15) is 59.0 Å². The first-order valence-corrected chi connectivity index (χ1v) is 7.87. The Labute approximate surface area is 116 Å². The van der Waals surface area contributed by atoms with Crippen molar-refractivity contribution in [3.8, 4) is 0 Å². The van der Waals surface area contributed by atoms with Crippen LogP contribution in [0.5, 0.6) is 0 Å². The Morgan fingerprint density at radius 1 is 1.17 bits per heavy atom. The predicted octanol–water partition coefficient (Wildman–Crippen LogP) is 4.96. The highest BCUT2D eigenvalue weighted by molar-refractivity contribution is 7.09. The molecule has 1 aliphatic carbocycles. The number of rotatable bonds is 1. The van der Waals surface area contributed by atoms with Crippen molar-refractivity contribution in [2.75, 3.05) is 0 Å². The zero-order valence-electron chi connectivity index (χ0n) is 12.9. The molecule has 0 aromatic carbocycles. The minimum absolute atomic E-state index is 0.320. The second-order valence-corrected chi connectivity index (χ2v) is 9.01. The molecule has 102 valence electrons. The van der Waals surface area contributed by atoms with Gasteiger partial charge < -0.3 is 0 Å². The van der Waals surface area contributed by atoms with E-state index < -0.39 is 0 Å². The van der Waals surface area contributed by atoms with Crippen LogP contribution in [-0.2, 0) is 12.8 Å². The molecular weight excluding hydrogens is 238 g/mol. The highest BCUT2D eigenvalue weighted by Crippen LogP contribution is 2.58. The molecule has 0 bridgehead atoms. The zero-order chi connectivity index (χ0) is 13.8. The van der Waals surface area contributed by atoms with Crippen LogP contribution in [0.4, 0.5) is 0 Å². The maximum absolute atomic E-state index is 4.59. The third-order valence-electron chi connectivity index (χ3n) is 5.31. The maximum atomic E-state index is 4.59. The van der Waals surface area contributed by atoms with Gasteiger partial charge in [0.25, 0.3) is 0 Å². The molecule has 18 heavy (non-hydrogen) atoms. The molecule has 1 nitrogen and oxygen atoms in total. The molecule has 2 atom stereocenters. The monoisotopic (exact) mass is 265 g/mol. The molecule has 1 aromatic rings. The van der Waals surface area contributed by atoms with Crippen LogP contribution < -0.4 is 0 Å². The first-order valence-electron chi connectivity index (χ1n) is 6.99. The molecule has 1 heterocycles. The minimum atomic E-state index is 0.320. The molecule has 2 unspecified atom stereocenters. The lowest BCUT2D eigenvalue weighted by Crippen LogP contribution is -2.47. The van der Waals surface area contributed by atoms with Gasteiger partial charge in [-0.05, 0) is 35.0 Å². The molecule has 0 spiro atoms. The van der Waals surface area contributed by atoms with Gasteiger partial charge in [0.2, 0.25) is 0 Å². The van der Waals surface area contributed by atoms with Gasteiger partial charge in [0.05, 0.1) is 11.2 Å². The third-order valence-corrected chi connectivity index (χ3v) is 6.18. The molecule has 0 fully saturated rings. The van der Waals surface area contributed by atoms with Crippen molar-refractivity contribution in [2.24, 2.45) is 22.2 Å². The van der Waals surface area contributed by atoms with E-state index in [1.54, 1.807) is 0 Å². The predicted molar refractivity (Wildman–Crippen MR) is 80.0 cm³/mol. The van der Waals surface area contributed by atoms with E-state index in [4.69, 9.17) is 0 Å². The average Bonchev–Trinajstić information content (AvgIpc) is 2.70. The number of aromatic nitrogens is 1. The number of thiazole rings is 1. The standard InChI is InChI=1S/C16H27NS/c1-11(14(2,3)4)16(15(5,6)7)8-12-13(9-16)18-10-17-12/h10-11H,8-9H2,1-7H3. The summed E-state index contributed by atoms with van der Waals surface area (Å²) < 4.78 is 0. The first-order chi connectivity index (χ1) is 8.08. The SMILES string of the molecule is CC(C(C)(C)C)C1(C(C)(C)C)Cc2ncsc2C1. The summed E-state index contributed by atoms with van der Waals surface area (Å²) in [6, 6.07) is 0. The van der Waals surface area contributed by atoms with Crippen LogP contribution in [-0.4, -0.2) is 4.98 Å². The van der Waals surface area contributed by atoms with Crippen LogP contribution in [0.25, 0.3) is 0 Å². The quantitative estimate of drug-likeness (QED) is 0.699. The fraction of sp³-hybridized carbons (Fsp3) is 0.812. The number of hydrogen-bond donors (Lipinski definition) is 0. The minimum Gasteiger partial charge on any atom is -0.249 e. The van der Waals surface area contributed by atoms with Gasteiger partial charge >= 0.3 is 0 Å². The van der Waals surface area contributed by atoms with Crippen molar-refractivity contribution in [3.05, 3.63) is 16.1 Å². The fourth-order valence-electron chi connectivity index (χ4n) is 3.54. The van der Waals surface area contributed by atoms with Crippen molar-refractivity contribution in [3.63, 3.8) is 0 Å². The maximum Gasteiger partial charge on any atom is 0.0797 e. The Morgan fingerprint density at radius 3 is 2.22 bits per heavy atom. The largest absolute Gasteiger partial charge is 0.249 e. The van der Waals surface area contributed by atoms with Gasteiger partial charge in [0, 0.05) is 4.88 Å². The van der Waals surface area contributed by atoms with Crippen LogP contribution in [0.15, 0.2) is 5.51 Å².